The third-order valence-electron chi connectivity index (χ3n) is 2.40. The Morgan fingerprint density at radius 2 is 1.62 bits per heavy atom. The van der Waals surface area contributed by atoms with Gasteiger partial charge in [-0.2, -0.15) is 0 Å². The quantitative estimate of drug-likeness (QED) is 0.681. The number of benzene rings is 1. The highest BCUT2D eigenvalue weighted by molar-refractivity contribution is 6.29. The molecule has 2 N–H and O–H groups in total. The average Bonchev–Trinajstić information content (AvgIpc) is 2.52. The summed E-state index contributed by atoms with van der Waals surface area (Å²) in [4.78, 5) is 35.8. The van der Waals surface area contributed by atoms with Crippen molar-refractivity contribution >= 4 is 17.7 Å². The van der Waals surface area contributed by atoms with E-state index in [1.807, 2.05) is 0 Å². The molecule has 5 nitrogen and oxygen atoms in total. The fourth-order valence-corrected chi connectivity index (χ4v) is 1.59. The van der Waals surface area contributed by atoms with E-state index >= 15 is 0 Å². The summed E-state index contributed by atoms with van der Waals surface area (Å²) in [6, 6.07) is 5.45. The standard InChI is InChI=1S/C11H10N2O3/c1-6(12)9(14)13-10(15)7-4-2-3-5-8(7)11(13)16/h2-6H,12H2,1H3/t6-/m0/s1. The van der Waals surface area contributed by atoms with E-state index in [0.717, 1.165) is 0 Å². The van der Waals surface area contributed by atoms with E-state index in [9.17, 15) is 14.4 Å². The van der Waals surface area contributed by atoms with Gasteiger partial charge in [0, 0.05) is 0 Å². The number of carbonyl (C=O) groups excluding carboxylic acids is 3. The number of carbonyl (C=O) groups is 3. The van der Waals surface area contributed by atoms with Gasteiger partial charge in [0.1, 0.15) is 0 Å². The Kier molecular flexibility index (Phi) is 2.32. The molecule has 0 aliphatic carbocycles. The molecule has 0 saturated carbocycles. The number of fused-ring (bicyclic) bond motifs is 1. The first-order chi connectivity index (χ1) is 7.54. The lowest BCUT2D eigenvalue weighted by Gasteiger charge is -2.13. The molecule has 16 heavy (non-hydrogen) atoms. The van der Waals surface area contributed by atoms with Gasteiger partial charge in [0.15, 0.2) is 0 Å². The lowest BCUT2D eigenvalue weighted by molar-refractivity contribution is -0.127. The molecule has 1 aliphatic heterocycles. The lowest BCUT2D eigenvalue weighted by atomic mass is 10.1. The molecule has 1 heterocycles. The summed E-state index contributed by atoms with van der Waals surface area (Å²) in [7, 11) is 0. The van der Waals surface area contributed by atoms with Crippen LogP contribution in [-0.4, -0.2) is 28.7 Å². The molecule has 5 heteroatoms. The summed E-state index contributed by atoms with van der Waals surface area (Å²) >= 11 is 0. The summed E-state index contributed by atoms with van der Waals surface area (Å²) in [5.74, 6) is -1.86. The predicted octanol–water partition coefficient (Wildman–Crippen LogP) is 0.156. The van der Waals surface area contributed by atoms with Gasteiger partial charge in [0.05, 0.1) is 17.2 Å². The topological polar surface area (TPSA) is 80.5 Å². The van der Waals surface area contributed by atoms with E-state index in [4.69, 9.17) is 5.73 Å². The highest BCUT2D eigenvalue weighted by Gasteiger charge is 2.40. The minimum absolute atomic E-state index is 0.251. The zero-order valence-electron chi connectivity index (χ0n) is 8.64. The largest absolute Gasteiger partial charge is 0.320 e. The predicted molar refractivity (Wildman–Crippen MR) is 55.6 cm³/mol. The Morgan fingerprint density at radius 3 is 2.00 bits per heavy atom. The maximum absolute atomic E-state index is 11.8. The molecule has 0 saturated heterocycles. The molecule has 1 aromatic rings. The second-order valence-corrected chi connectivity index (χ2v) is 3.62. The minimum Gasteiger partial charge on any atom is -0.320 e. The van der Waals surface area contributed by atoms with Crippen molar-refractivity contribution in [1.82, 2.24) is 4.90 Å². The number of amides is 3. The summed E-state index contributed by atoms with van der Waals surface area (Å²) in [5.41, 5.74) is 5.88. The third-order valence-corrected chi connectivity index (χ3v) is 2.40. The van der Waals surface area contributed by atoms with E-state index in [-0.39, 0.29) is 11.1 Å². The van der Waals surface area contributed by atoms with Crippen LogP contribution < -0.4 is 5.73 Å². The van der Waals surface area contributed by atoms with Gasteiger partial charge < -0.3 is 5.73 Å². The molecule has 0 spiro atoms. The second-order valence-electron chi connectivity index (χ2n) is 3.62. The fourth-order valence-electron chi connectivity index (χ4n) is 1.59. The van der Waals surface area contributed by atoms with Crippen LogP contribution in [-0.2, 0) is 4.79 Å². The zero-order chi connectivity index (χ0) is 11.9. The van der Waals surface area contributed by atoms with Gasteiger partial charge in [0.25, 0.3) is 17.7 Å². The maximum atomic E-state index is 11.8. The van der Waals surface area contributed by atoms with Gasteiger partial charge in [-0.15, -0.1) is 0 Å². The maximum Gasteiger partial charge on any atom is 0.268 e. The summed E-state index contributed by atoms with van der Waals surface area (Å²) in [6.45, 7) is 1.44. The first-order valence-corrected chi connectivity index (χ1v) is 4.81. The van der Waals surface area contributed by atoms with E-state index in [0.29, 0.717) is 4.90 Å². The van der Waals surface area contributed by atoms with Gasteiger partial charge in [-0.25, -0.2) is 4.90 Å². The molecule has 0 unspecified atom stereocenters. The first-order valence-electron chi connectivity index (χ1n) is 4.81. The van der Waals surface area contributed by atoms with E-state index in [1.54, 1.807) is 12.1 Å². The number of nitrogens with zero attached hydrogens (tertiary/aromatic N) is 1. The van der Waals surface area contributed by atoms with Crippen molar-refractivity contribution in [1.29, 1.82) is 0 Å². The monoisotopic (exact) mass is 218 g/mol. The van der Waals surface area contributed by atoms with Crippen molar-refractivity contribution in [3.63, 3.8) is 0 Å². The van der Waals surface area contributed by atoms with Crippen LogP contribution in [0.15, 0.2) is 24.3 Å². The molecule has 1 atom stereocenters. The Morgan fingerprint density at radius 1 is 1.19 bits per heavy atom. The van der Waals surface area contributed by atoms with Crippen molar-refractivity contribution < 1.29 is 14.4 Å². The van der Waals surface area contributed by atoms with Crippen LogP contribution in [0.2, 0.25) is 0 Å². The third kappa shape index (κ3) is 1.33. The van der Waals surface area contributed by atoms with Crippen LogP contribution in [0.4, 0.5) is 0 Å². The van der Waals surface area contributed by atoms with E-state index in [2.05, 4.69) is 0 Å². The van der Waals surface area contributed by atoms with E-state index < -0.39 is 23.8 Å². The number of hydrogen-bond donors (Lipinski definition) is 1. The van der Waals surface area contributed by atoms with Crippen LogP contribution in [0, 0.1) is 0 Å². The van der Waals surface area contributed by atoms with Gasteiger partial charge in [0.2, 0.25) is 0 Å². The summed E-state index contributed by atoms with van der Waals surface area (Å²) < 4.78 is 0. The fraction of sp³-hybridized carbons (Fsp3) is 0.182. The van der Waals surface area contributed by atoms with Crippen molar-refractivity contribution in [2.24, 2.45) is 5.73 Å². The van der Waals surface area contributed by atoms with Crippen LogP contribution in [0.25, 0.3) is 0 Å². The van der Waals surface area contributed by atoms with Crippen LogP contribution >= 0.6 is 0 Å². The van der Waals surface area contributed by atoms with Crippen LogP contribution in [0.3, 0.4) is 0 Å². The zero-order valence-corrected chi connectivity index (χ0v) is 8.64. The minimum atomic E-state index is -0.873. The van der Waals surface area contributed by atoms with Gasteiger partial charge in [-0.1, -0.05) is 12.1 Å². The molecule has 0 bridgehead atoms. The highest BCUT2D eigenvalue weighted by Crippen LogP contribution is 2.22. The van der Waals surface area contributed by atoms with Gasteiger partial charge >= 0.3 is 0 Å². The van der Waals surface area contributed by atoms with Crippen molar-refractivity contribution in [2.75, 3.05) is 0 Å². The number of hydrogen-bond acceptors (Lipinski definition) is 4. The lowest BCUT2D eigenvalue weighted by Crippen LogP contribution is -2.45. The number of imide groups is 3. The van der Waals surface area contributed by atoms with E-state index in [1.165, 1.54) is 19.1 Å². The Labute approximate surface area is 91.8 Å². The smallest absolute Gasteiger partial charge is 0.268 e. The highest BCUT2D eigenvalue weighted by atomic mass is 16.2. The Balaban J connectivity index is 2.47. The molecule has 0 radical (unpaired) electrons. The van der Waals surface area contributed by atoms with Crippen LogP contribution in [0.5, 0.6) is 0 Å². The molecule has 1 aromatic carbocycles. The normalized spacial score (nSPS) is 16.2. The molecule has 1 aliphatic rings. The molecule has 82 valence electrons. The molecule has 0 fully saturated rings. The van der Waals surface area contributed by atoms with Gasteiger partial charge in [-0.3, -0.25) is 14.4 Å². The van der Waals surface area contributed by atoms with Crippen molar-refractivity contribution in [3.8, 4) is 0 Å². The molecule has 0 aromatic heterocycles. The Bertz CT molecular complexity index is 459. The number of nitrogens with two attached hydrogens (primary N) is 1. The summed E-state index contributed by atoms with van der Waals surface area (Å²) in [5, 5.41) is 0. The van der Waals surface area contributed by atoms with Crippen LogP contribution in [0.1, 0.15) is 27.6 Å². The number of rotatable bonds is 1. The summed E-state index contributed by atoms with van der Waals surface area (Å²) in [6.07, 6.45) is 0. The second kappa shape index (κ2) is 3.53. The molecule has 3 amide bonds. The average molecular weight is 218 g/mol. The van der Waals surface area contributed by atoms with Crippen molar-refractivity contribution in [2.45, 2.75) is 13.0 Å². The first kappa shape index (κ1) is 10.5. The van der Waals surface area contributed by atoms with Gasteiger partial charge in [-0.05, 0) is 19.1 Å². The van der Waals surface area contributed by atoms with Crippen molar-refractivity contribution in [3.05, 3.63) is 35.4 Å². The molecular formula is C11H10N2O3. The molecule has 2 rings (SSSR count). The SMILES string of the molecule is C[C@H](N)C(=O)N1C(=O)c2ccccc2C1=O. The Hall–Kier alpha value is -2.01. The molecular weight excluding hydrogens is 208 g/mol.